The maximum absolute atomic E-state index is 10.7. The first-order valence-electron chi connectivity index (χ1n) is 5.65. The molecule has 1 unspecified atom stereocenters. The number of carboxylic acids is 1. The van der Waals surface area contributed by atoms with Gasteiger partial charge in [0, 0.05) is 4.47 Å². The van der Waals surface area contributed by atoms with Crippen molar-refractivity contribution in [2.24, 2.45) is 0 Å². The minimum atomic E-state index is -1.08. The van der Waals surface area contributed by atoms with Crippen LogP contribution in [0, 0.1) is 0 Å². The van der Waals surface area contributed by atoms with Crippen molar-refractivity contribution in [1.82, 2.24) is 10.2 Å². The van der Waals surface area contributed by atoms with Gasteiger partial charge in [-0.05, 0) is 36.8 Å². The van der Waals surface area contributed by atoms with Crippen LogP contribution in [0.2, 0.25) is 0 Å². The van der Waals surface area contributed by atoms with Gasteiger partial charge < -0.3 is 10.4 Å². The third-order valence-electron chi connectivity index (χ3n) is 2.60. The van der Waals surface area contributed by atoms with Crippen LogP contribution in [0.15, 0.2) is 40.9 Å². The van der Waals surface area contributed by atoms with E-state index < -0.39 is 5.97 Å². The average molecular weight is 322 g/mol. The highest BCUT2D eigenvalue weighted by Crippen LogP contribution is 2.20. The highest BCUT2D eigenvalue weighted by molar-refractivity contribution is 9.10. The van der Waals surface area contributed by atoms with Crippen molar-refractivity contribution in [3.63, 3.8) is 0 Å². The lowest BCUT2D eigenvalue weighted by Crippen LogP contribution is -2.10. The Morgan fingerprint density at radius 3 is 2.68 bits per heavy atom. The number of hydrogen-bond acceptors (Lipinski definition) is 4. The fraction of sp³-hybridized carbons (Fsp3) is 0.154. The molecule has 1 aromatic carbocycles. The SMILES string of the molecule is CC(Nc1ccc(C(=O)O)nn1)c1cccc(Br)c1. The fourth-order valence-electron chi connectivity index (χ4n) is 1.60. The molecule has 0 saturated carbocycles. The lowest BCUT2D eigenvalue weighted by atomic mass is 10.1. The summed E-state index contributed by atoms with van der Waals surface area (Å²) in [6, 6.07) is 11.0. The fourth-order valence-corrected chi connectivity index (χ4v) is 2.02. The summed E-state index contributed by atoms with van der Waals surface area (Å²) in [5.74, 6) is -0.545. The Balaban J connectivity index is 2.10. The molecule has 0 fully saturated rings. The second-order valence-electron chi connectivity index (χ2n) is 4.03. The summed E-state index contributed by atoms with van der Waals surface area (Å²) >= 11 is 3.42. The zero-order chi connectivity index (χ0) is 13.8. The van der Waals surface area contributed by atoms with Crippen LogP contribution in [0.3, 0.4) is 0 Å². The van der Waals surface area contributed by atoms with Gasteiger partial charge in [-0.25, -0.2) is 4.79 Å². The molecule has 2 aromatic rings. The van der Waals surface area contributed by atoms with E-state index in [4.69, 9.17) is 5.11 Å². The number of nitrogens with zero attached hydrogens (tertiary/aromatic N) is 2. The summed E-state index contributed by atoms with van der Waals surface area (Å²) in [7, 11) is 0. The van der Waals surface area contributed by atoms with Crippen LogP contribution in [0.5, 0.6) is 0 Å². The molecule has 98 valence electrons. The minimum Gasteiger partial charge on any atom is -0.476 e. The summed E-state index contributed by atoms with van der Waals surface area (Å²) in [6.07, 6.45) is 0. The number of aromatic nitrogens is 2. The molecule has 1 atom stereocenters. The van der Waals surface area contributed by atoms with Crippen LogP contribution in [-0.2, 0) is 0 Å². The number of hydrogen-bond donors (Lipinski definition) is 2. The topological polar surface area (TPSA) is 75.1 Å². The van der Waals surface area contributed by atoms with Gasteiger partial charge in [0.2, 0.25) is 0 Å². The standard InChI is InChI=1S/C13H12BrN3O2/c1-8(9-3-2-4-10(14)7-9)15-12-6-5-11(13(18)19)16-17-12/h2-8H,1H3,(H,15,17)(H,18,19). The van der Waals surface area contributed by atoms with E-state index in [2.05, 4.69) is 31.4 Å². The van der Waals surface area contributed by atoms with E-state index in [1.54, 1.807) is 6.07 Å². The van der Waals surface area contributed by atoms with Crippen LogP contribution in [0.4, 0.5) is 5.82 Å². The molecule has 5 nitrogen and oxygen atoms in total. The average Bonchev–Trinajstić information content (AvgIpc) is 2.39. The molecule has 1 aromatic heterocycles. The lowest BCUT2D eigenvalue weighted by molar-refractivity contribution is 0.0689. The molecule has 0 aliphatic rings. The first-order chi connectivity index (χ1) is 9.06. The van der Waals surface area contributed by atoms with Crippen molar-refractivity contribution in [3.05, 3.63) is 52.1 Å². The van der Waals surface area contributed by atoms with E-state index in [9.17, 15) is 4.79 Å². The molecule has 0 spiro atoms. The number of aromatic carboxylic acids is 1. The van der Waals surface area contributed by atoms with Crippen LogP contribution >= 0.6 is 15.9 Å². The molecule has 2 rings (SSSR count). The van der Waals surface area contributed by atoms with E-state index in [1.165, 1.54) is 6.07 Å². The van der Waals surface area contributed by atoms with Crippen molar-refractivity contribution >= 4 is 27.7 Å². The Morgan fingerprint density at radius 2 is 2.11 bits per heavy atom. The highest BCUT2D eigenvalue weighted by Gasteiger charge is 2.08. The van der Waals surface area contributed by atoms with Gasteiger partial charge in [0.1, 0.15) is 5.82 Å². The van der Waals surface area contributed by atoms with Gasteiger partial charge in [-0.15, -0.1) is 10.2 Å². The summed E-state index contributed by atoms with van der Waals surface area (Å²) in [4.78, 5) is 10.7. The van der Waals surface area contributed by atoms with Gasteiger partial charge in [-0.2, -0.15) is 0 Å². The highest BCUT2D eigenvalue weighted by atomic mass is 79.9. The number of halogens is 1. The second-order valence-corrected chi connectivity index (χ2v) is 4.95. The zero-order valence-electron chi connectivity index (χ0n) is 10.2. The van der Waals surface area contributed by atoms with E-state index in [-0.39, 0.29) is 11.7 Å². The van der Waals surface area contributed by atoms with Gasteiger partial charge >= 0.3 is 5.97 Å². The molecule has 0 radical (unpaired) electrons. The van der Waals surface area contributed by atoms with E-state index in [1.807, 2.05) is 31.2 Å². The number of nitrogens with one attached hydrogen (secondary N) is 1. The number of carboxylic acid groups (broad SMARTS) is 1. The van der Waals surface area contributed by atoms with Crippen molar-refractivity contribution in [2.45, 2.75) is 13.0 Å². The van der Waals surface area contributed by atoms with Gasteiger partial charge in [0.15, 0.2) is 5.69 Å². The van der Waals surface area contributed by atoms with Crippen molar-refractivity contribution in [2.75, 3.05) is 5.32 Å². The molecule has 2 N–H and O–H groups in total. The molecule has 0 saturated heterocycles. The number of rotatable bonds is 4. The largest absolute Gasteiger partial charge is 0.476 e. The smallest absolute Gasteiger partial charge is 0.356 e. The van der Waals surface area contributed by atoms with E-state index in [0.29, 0.717) is 5.82 Å². The van der Waals surface area contributed by atoms with Crippen LogP contribution in [0.25, 0.3) is 0 Å². The number of carbonyl (C=O) groups is 1. The Labute approximate surface area is 118 Å². The Bertz CT molecular complexity index is 587. The zero-order valence-corrected chi connectivity index (χ0v) is 11.8. The first kappa shape index (κ1) is 13.5. The number of anilines is 1. The van der Waals surface area contributed by atoms with E-state index in [0.717, 1.165) is 10.0 Å². The molecule has 1 heterocycles. The number of benzene rings is 1. The normalized spacial score (nSPS) is 11.9. The predicted octanol–water partition coefficient (Wildman–Crippen LogP) is 3.11. The van der Waals surface area contributed by atoms with E-state index >= 15 is 0 Å². The maximum Gasteiger partial charge on any atom is 0.356 e. The third-order valence-corrected chi connectivity index (χ3v) is 3.09. The molecule has 0 amide bonds. The molecule has 0 aliphatic carbocycles. The van der Waals surface area contributed by atoms with Gasteiger partial charge in [-0.1, -0.05) is 28.1 Å². The quantitative estimate of drug-likeness (QED) is 0.905. The lowest BCUT2D eigenvalue weighted by Gasteiger charge is -2.14. The maximum atomic E-state index is 10.7. The van der Waals surface area contributed by atoms with Gasteiger partial charge in [0.05, 0.1) is 6.04 Å². The van der Waals surface area contributed by atoms with Crippen molar-refractivity contribution in [1.29, 1.82) is 0 Å². The third kappa shape index (κ3) is 3.51. The molecule has 0 bridgehead atoms. The summed E-state index contributed by atoms with van der Waals surface area (Å²) < 4.78 is 1.01. The van der Waals surface area contributed by atoms with Gasteiger partial charge in [-0.3, -0.25) is 0 Å². The summed E-state index contributed by atoms with van der Waals surface area (Å²) in [5, 5.41) is 19.4. The Kier molecular flexibility index (Phi) is 4.11. The van der Waals surface area contributed by atoms with Crippen molar-refractivity contribution < 1.29 is 9.90 Å². The van der Waals surface area contributed by atoms with Crippen LogP contribution in [0.1, 0.15) is 29.0 Å². The monoisotopic (exact) mass is 321 g/mol. The summed E-state index contributed by atoms with van der Waals surface area (Å²) in [6.45, 7) is 1.99. The molecule has 19 heavy (non-hydrogen) atoms. The van der Waals surface area contributed by atoms with Crippen LogP contribution in [-0.4, -0.2) is 21.3 Å². The van der Waals surface area contributed by atoms with Gasteiger partial charge in [0.25, 0.3) is 0 Å². The molecule has 6 heteroatoms. The Morgan fingerprint density at radius 1 is 1.32 bits per heavy atom. The second kappa shape index (κ2) is 5.79. The molecular weight excluding hydrogens is 310 g/mol. The Hall–Kier alpha value is -1.95. The van der Waals surface area contributed by atoms with Crippen molar-refractivity contribution in [3.8, 4) is 0 Å². The minimum absolute atomic E-state index is 0.0440. The first-order valence-corrected chi connectivity index (χ1v) is 6.44. The molecule has 0 aliphatic heterocycles. The summed E-state index contributed by atoms with van der Waals surface area (Å²) in [5.41, 5.74) is 1.03. The predicted molar refractivity (Wildman–Crippen MR) is 75.2 cm³/mol. The molecular formula is C13H12BrN3O2. The van der Waals surface area contributed by atoms with Crippen LogP contribution < -0.4 is 5.32 Å².